The third-order valence-electron chi connectivity index (χ3n) is 7.90. The summed E-state index contributed by atoms with van der Waals surface area (Å²) in [4.78, 5) is 16.2. The van der Waals surface area contributed by atoms with E-state index in [4.69, 9.17) is 9.72 Å². The highest BCUT2D eigenvalue weighted by Crippen LogP contribution is 2.41. The molecule has 8 heteroatoms. The molecule has 0 saturated carbocycles. The zero-order chi connectivity index (χ0) is 25.9. The molecule has 0 radical (unpaired) electrons. The number of aryl methyl sites for hydroxylation is 1. The van der Waals surface area contributed by atoms with Gasteiger partial charge in [-0.15, -0.1) is 0 Å². The molecule has 2 aliphatic heterocycles. The van der Waals surface area contributed by atoms with Crippen molar-refractivity contribution in [1.82, 2.24) is 15.0 Å². The Labute approximate surface area is 214 Å². The van der Waals surface area contributed by atoms with Gasteiger partial charge in [-0.05, 0) is 60.2 Å². The lowest BCUT2D eigenvalue weighted by Gasteiger charge is -2.48. The number of rotatable bonds is 4. The molecule has 2 fully saturated rings. The van der Waals surface area contributed by atoms with E-state index < -0.39 is 5.82 Å². The van der Waals surface area contributed by atoms with Crippen molar-refractivity contribution in [2.24, 2.45) is 0 Å². The van der Waals surface area contributed by atoms with Crippen LogP contribution < -0.4 is 4.90 Å². The third kappa shape index (κ3) is 3.89. The Balaban J connectivity index is 1.54. The first-order valence-corrected chi connectivity index (χ1v) is 13.0. The lowest BCUT2D eigenvalue weighted by Crippen LogP contribution is -2.52. The van der Waals surface area contributed by atoms with Crippen molar-refractivity contribution < 1.29 is 18.6 Å². The van der Waals surface area contributed by atoms with Gasteiger partial charge in [-0.25, -0.2) is 18.7 Å². The molecule has 0 aliphatic carbocycles. The Bertz CT molecular complexity index is 1520. The Hall–Kier alpha value is -3.39. The maximum atomic E-state index is 16.4. The average molecular weight is 505 g/mol. The number of phenols is 1. The molecule has 4 heterocycles. The first-order chi connectivity index (χ1) is 17.8. The van der Waals surface area contributed by atoms with E-state index in [0.29, 0.717) is 45.3 Å². The van der Waals surface area contributed by atoms with Crippen molar-refractivity contribution in [3.8, 4) is 17.0 Å². The van der Waals surface area contributed by atoms with E-state index in [1.165, 1.54) is 12.1 Å². The molecule has 192 valence electrons. The number of aromatic hydroxyl groups is 1. The van der Waals surface area contributed by atoms with Crippen LogP contribution in [0.1, 0.15) is 57.3 Å². The lowest BCUT2D eigenvalue weighted by atomic mass is 9.84. The number of fused-ring (bicyclic) bond motifs is 2. The number of nitrogens with zero attached hydrogens (tertiary/aromatic N) is 4. The summed E-state index contributed by atoms with van der Waals surface area (Å²) in [5.41, 5.74) is 1.01. The lowest BCUT2D eigenvalue weighted by molar-refractivity contribution is -0.158. The van der Waals surface area contributed by atoms with Gasteiger partial charge in [-0.2, -0.15) is 0 Å². The summed E-state index contributed by atoms with van der Waals surface area (Å²) in [6.07, 6.45) is 4.92. The molecule has 2 aliphatic rings. The van der Waals surface area contributed by atoms with Gasteiger partial charge >= 0.3 is 0 Å². The molecule has 2 saturated heterocycles. The zero-order valence-electron chi connectivity index (χ0n) is 21.3. The van der Waals surface area contributed by atoms with Crippen LogP contribution >= 0.6 is 0 Å². The van der Waals surface area contributed by atoms with E-state index >= 15 is 4.39 Å². The number of halogens is 2. The van der Waals surface area contributed by atoms with Crippen molar-refractivity contribution in [1.29, 1.82) is 0 Å². The second-order valence-corrected chi connectivity index (χ2v) is 10.5. The van der Waals surface area contributed by atoms with Crippen LogP contribution in [0.3, 0.4) is 0 Å². The summed E-state index contributed by atoms with van der Waals surface area (Å²) < 4.78 is 37.0. The van der Waals surface area contributed by atoms with Crippen molar-refractivity contribution >= 4 is 27.5 Å². The fourth-order valence-electron chi connectivity index (χ4n) is 5.69. The van der Waals surface area contributed by atoms with Crippen LogP contribution in [-0.4, -0.2) is 45.4 Å². The van der Waals surface area contributed by atoms with E-state index in [1.54, 1.807) is 18.3 Å². The topological polar surface area (TPSA) is 71.4 Å². The molecule has 1 spiro atoms. The summed E-state index contributed by atoms with van der Waals surface area (Å²) in [6.45, 7) is 8.17. The van der Waals surface area contributed by atoms with Gasteiger partial charge in [-0.3, -0.25) is 4.98 Å². The highest BCUT2D eigenvalue weighted by molar-refractivity contribution is 6.01. The quantitative estimate of drug-likeness (QED) is 0.353. The minimum absolute atomic E-state index is 0.00680. The van der Waals surface area contributed by atoms with Crippen LogP contribution in [0.2, 0.25) is 0 Å². The Morgan fingerprint density at radius 1 is 1.11 bits per heavy atom. The molecular weight excluding hydrogens is 474 g/mol. The van der Waals surface area contributed by atoms with Crippen LogP contribution in [0.4, 0.5) is 14.6 Å². The summed E-state index contributed by atoms with van der Waals surface area (Å²) in [5, 5.41) is 12.1. The molecular formula is C29H30F2N4O2. The van der Waals surface area contributed by atoms with E-state index in [2.05, 4.69) is 14.9 Å². The van der Waals surface area contributed by atoms with Gasteiger partial charge in [0.05, 0.1) is 17.6 Å². The monoisotopic (exact) mass is 504 g/mol. The van der Waals surface area contributed by atoms with E-state index in [0.717, 1.165) is 39.0 Å². The molecule has 6 rings (SSSR count). The van der Waals surface area contributed by atoms with E-state index in [1.807, 2.05) is 20.8 Å². The number of piperidine rings is 1. The molecule has 37 heavy (non-hydrogen) atoms. The predicted molar refractivity (Wildman–Crippen MR) is 140 cm³/mol. The minimum Gasteiger partial charge on any atom is -0.508 e. The molecule has 0 unspecified atom stereocenters. The summed E-state index contributed by atoms with van der Waals surface area (Å²) >= 11 is 0. The smallest absolute Gasteiger partial charge is 0.175 e. The Kier molecular flexibility index (Phi) is 5.75. The molecule has 4 aromatic rings. The molecule has 0 amide bonds. The van der Waals surface area contributed by atoms with Gasteiger partial charge < -0.3 is 14.7 Å². The first-order valence-electron chi connectivity index (χ1n) is 13.0. The maximum Gasteiger partial charge on any atom is 0.175 e. The van der Waals surface area contributed by atoms with E-state index in [9.17, 15) is 9.50 Å². The number of benzene rings is 2. The largest absolute Gasteiger partial charge is 0.508 e. The van der Waals surface area contributed by atoms with Crippen LogP contribution in [0.15, 0.2) is 30.5 Å². The first kappa shape index (κ1) is 24.0. The number of hydrogen-bond acceptors (Lipinski definition) is 6. The SMILES string of the molecule is CCc1c(F)ccc2cc(O)cc(-c3ncc4c(N5CCC6(CCO6)CC5)nc(C(C)C)nc4c3F)c12. The number of pyridine rings is 1. The van der Waals surface area contributed by atoms with Gasteiger partial charge in [0, 0.05) is 30.8 Å². The zero-order valence-corrected chi connectivity index (χ0v) is 21.3. The van der Waals surface area contributed by atoms with Crippen molar-refractivity contribution in [2.75, 3.05) is 24.6 Å². The Morgan fingerprint density at radius 2 is 1.86 bits per heavy atom. The van der Waals surface area contributed by atoms with Crippen LogP contribution in [0.25, 0.3) is 32.9 Å². The minimum atomic E-state index is -0.600. The molecule has 2 aromatic heterocycles. The normalized spacial score (nSPS) is 17.2. The summed E-state index contributed by atoms with van der Waals surface area (Å²) in [7, 11) is 0. The molecule has 1 N–H and O–H groups in total. The predicted octanol–water partition coefficient (Wildman–Crippen LogP) is 6.27. The van der Waals surface area contributed by atoms with Crippen LogP contribution in [0, 0.1) is 11.6 Å². The third-order valence-corrected chi connectivity index (χ3v) is 7.90. The number of anilines is 1. The van der Waals surface area contributed by atoms with E-state index in [-0.39, 0.29) is 34.3 Å². The van der Waals surface area contributed by atoms with Gasteiger partial charge in [0.15, 0.2) is 5.82 Å². The summed E-state index contributed by atoms with van der Waals surface area (Å²) in [5.74, 6) is 0.226. The number of hydrogen-bond donors (Lipinski definition) is 1. The number of ether oxygens (including phenoxy) is 1. The second-order valence-electron chi connectivity index (χ2n) is 10.5. The van der Waals surface area contributed by atoms with Crippen LogP contribution in [-0.2, 0) is 11.2 Å². The highest BCUT2D eigenvalue weighted by Gasteiger charge is 2.41. The van der Waals surface area contributed by atoms with Gasteiger partial charge in [0.25, 0.3) is 0 Å². The summed E-state index contributed by atoms with van der Waals surface area (Å²) in [6, 6.07) is 5.98. The average Bonchev–Trinajstić information content (AvgIpc) is 2.87. The fraction of sp³-hybridized carbons (Fsp3) is 0.414. The highest BCUT2D eigenvalue weighted by atomic mass is 19.1. The molecule has 6 nitrogen and oxygen atoms in total. The second kappa shape index (κ2) is 8.87. The van der Waals surface area contributed by atoms with Gasteiger partial charge in [-0.1, -0.05) is 26.8 Å². The van der Waals surface area contributed by atoms with Crippen molar-refractivity contribution in [3.05, 3.63) is 53.5 Å². The molecule has 0 bridgehead atoms. The molecule has 2 aromatic carbocycles. The van der Waals surface area contributed by atoms with Gasteiger partial charge in [0.2, 0.25) is 0 Å². The van der Waals surface area contributed by atoms with Crippen LogP contribution in [0.5, 0.6) is 5.75 Å². The van der Waals surface area contributed by atoms with Crippen molar-refractivity contribution in [3.63, 3.8) is 0 Å². The molecule has 0 atom stereocenters. The number of phenolic OH excluding ortho intramolecular Hbond substituents is 1. The standard InChI is InChI=1S/C29H30F2N4O2/c1-4-19-22(30)6-5-17-13-18(36)14-20(23(17)19)25-24(31)26-21(15-32-25)28(34-27(33-26)16(2)3)35-10-7-29(8-11-35)9-12-37-29/h5-6,13-16,36H,4,7-12H2,1-3H3. The Morgan fingerprint density at radius 3 is 2.51 bits per heavy atom. The van der Waals surface area contributed by atoms with Gasteiger partial charge in [0.1, 0.15) is 34.4 Å². The maximum absolute atomic E-state index is 16.4. The van der Waals surface area contributed by atoms with Crippen molar-refractivity contribution in [2.45, 2.75) is 58.0 Å². The number of aromatic nitrogens is 3. The fourth-order valence-corrected chi connectivity index (χ4v) is 5.69.